The van der Waals surface area contributed by atoms with Gasteiger partial charge in [-0.3, -0.25) is 9.59 Å². The fourth-order valence-corrected chi connectivity index (χ4v) is 3.41. The minimum absolute atomic E-state index is 0.0175. The molecule has 0 aromatic heterocycles. The van der Waals surface area contributed by atoms with E-state index < -0.39 is 5.97 Å². The topological polar surface area (TPSA) is 54.4 Å². The summed E-state index contributed by atoms with van der Waals surface area (Å²) in [5, 5.41) is 8.48. The maximum atomic E-state index is 11.2. The number of aliphatic carboxylic acids is 1. The Kier molecular flexibility index (Phi) is 1.87. The highest BCUT2D eigenvalue weighted by atomic mass is 32.2. The summed E-state index contributed by atoms with van der Waals surface area (Å²) in [5.74, 6) is -0.388. The van der Waals surface area contributed by atoms with Gasteiger partial charge in [0.2, 0.25) is 0 Å². The second kappa shape index (κ2) is 2.76. The number of ketones is 1. The van der Waals surface area contributed by atoms with Gasteiger partial charge >= 0.3 is 5.97 Å². The van der Waals surface area contributed by atoms with Gasteiger partial charge in [0, 0.05) is 6.42 Å². The first-order chi connectivity index (χ1) is 5.68. The van der Waals surface area contributed by atoms with E-state index in [0.29, 0.717) is 6.42 Å². The van der Waals surface area contributed by atoms with Crippen LogP contribution in [0.25, 0.3) is 0 Å². The maximum absolute atomic E-state index is 11.2. The smallest absolute Gasteiger partial charge is 0.316 e. The number of Topliss-reactive ketones (excluding diaryl/α,β-unsaturated/α-hetero) is 1. The molecule has 2 saturated heterocycles. The monoisotopic (exact) mass is 186 g/mol. The molecule has 3 fully saturated rings. The third kappa shape index (κ3) is 1.14. The van der Waals surface area contributed by atoms with Crippen LogP contribution in [0.3, 0.4) is 0 Å². The predicted molar refractivity (Wildman–Crippen MR) is 45.2 cm³/mol. The second-order valence-electron chi connectivity index (χ2n) is 3.39. The average molecular weight is 186 g/mol. The number of hydrogen-bond acceptors (Lipinski definition) is 3. The lowest BCUT2D eigenvalue weighted by molar-refractivity contribution is -0.138. The first-order valence-corrected chi connectivity index (χ1v) is 5.04. The van der Waals surface area contributed by atoms with Gasteiger partial charge < -0.3 is 5.11 Å². The van der Waals surface area contributed by atoms with Gasteiger partial charge in [-0.2, -0.15) is 0 Å². The summed E-state index contributed by atoms with van der Waals surface area (Å²) in [6, 6.07) is 0. The van der Waals surface area contributed by atoms with E-state index in [9.17, 15) is 9.59 Å². The van der Waals surface area contributed by atoms with Gasteiger partial charge in [0.1, 0.15) is 11.0 Å². The molecule has 0 aromatic rings. The molecule has 2 aliphatic heterocycles. The molecule has 3 atom stereocenters. The molecular formula is C8H10O3S. The number of carboxylic acids is 1. The summed E-state index contributed by atoms with van der Waals surface area (Å²) in [6.45, 7) is 0. The van der Waals surface area contributed by atoms with Crippen LogP contribution in [0.2, 0.25) is 0 Å². The maximum Gasteiger partial charge on any atom is 0.316 e. The molecule has 3 unspecified atom stereocenters. The Hall–Kier alpha value is -0.510. The Morgan fingerprint density at radius 3 is 2.67 bits per heavy atom. The molecule has 1 saturated carbocycles. The van der Waals surface area contributed by atoms with Gasteiger partial charge in [0.05, 0.1) is 5.25 Å². The van der Waals surface area contributed by atoms with Gasteiger partial charge in [-0.1, -0.05) is 0 Å². The summed E-state index contributed by atoms with van der Waals surface area (Å²) < 4.78 is 0. The van der Waals surface area contributed by atoms with Crippen LogP contribution in [0.1, 0.15) is 19.3 Å². The fourth-order valence-electron chi connectivity index (χ4n) is 1.97. The van der Waals surface area contributed by atoms with E-state index in [0.717, 1.165) is 12.8 Å². The van der Waals surface area contributed by atoms with E-state index in [1.165, 1.54) is 11.8 Å². The van der Waals surface area contributed by atoms with Crippen LogP contribution in [0.5, 0.6) is 0 Å². The van der Waals surface area contributed by atoms with Crippen molar-refractivity contribution >= 4 is 23.5 Å². The summed E-state index contributed by atoms with van der Waals surface area (Å²) >= 11 is 1.35. The van der Waals surface area contributed by atoms with Crippen LogP contribution in [0, 0.1) is 5.92 Å². The van der Waals surface area contributed by atoms with E-state index in [1.54, 1.807) is 0 Å². The van der Waals surface area contributed by atoms with Crippen LogP contribution in [0.4, 0.5) is 0 Å². The molecule has 3 rings (SSSR count). The molecule has 12 heavy (non-hydrogen) atoms. The third-order valence-corrected chi connectivity index (χ3v) is 4.31. The number of carbonyl (C=O) groups excluding carboxylic acids is 1. The lowest BCUT2D eigenvalue weighted by Crippen LogP contribution is -2.43. The molecule has 2 heterocycles. The minimum Gasteiger partial charge on any atom is -0.480 e. The second-order valence-corrected chi connectivity index (χ2v) is 4.74. The summed E-state index contributed by atoms with van der Waals surface area (Å²) in [5.41, 5.74) is 0. The van der Waals surface area contributed by atoms with Crippen molar-refractivity contribution in [3.05, 3.63) is 0 Å². The quantitative estimate of drug-likeness (QED) is 0.661. The number of thioether (sulfide) groups is 1. The molecule has 1 N–H and O–H groups in total. The largest absolute Gasteiger partial charge is 0.480 e. The zero-order chi connectivity index (χ0) is 8.72. The lowest BCUT2D eigenvalue weighted by Gasteiger charge is -2.38. The van der Waals surface area contributed by atoms with Gasteiger partial charge in [0.25, 0.3) is 0 Å². The summed E-state index contributed by atoms with van der Waals surface area (Å²) in [6.07, 6.45) is 2.30. The van der Waals surface area contributed by atoms with Crippen molar-refractivity contribution in [3.8, 4) is 0 Å². The van der Waals surface area contributed by atoms with Crippen LogP contribution in [-0.4, -0.2) is 27.4 Å². The molecule has 0 radical (unpaired) electrons. The molecule has 0 spiro atoms. The standard InChI is InChI=1S/C8H10O3S/c9-5-3-4-1-2-6(5)12-7(4)8(10)11/h4,6-7H,1-3H2,(H,10,11). The fraction of sp³-hybridized carbons (Fsp3) is 0.750. The number of fused-ring (bicyclic) bond motifs is 3. The van der Waals surface area contributed by atoms with E-state index in [2.05, 4.69) is 0 Å². The molecule has 3 nitrogen and oxygen atoms in total. The number of rotatable bonds is 1. The van der Waals surface area contributed by atoms with Crippen LogP contribution in [0.15, 0.2) is 0 Å². The first kappa shape index (κ1) is 8.10. The number of carboxylic acid groups (broad SMARTS) is 1. The molecule has 2 bridgehead atoms. The summed E-state index contributed by atoms with van der Waals surface area (Å²) in [4.78, 5) is 21.9. The molecule has 0 amide bonds. The Labute approximate surface area is 74.5 Å². The number of hydrogen-bond donors (Lipinski definition) is 1. The van der Waals surface area contributed by atoms with Crippen LogP contribution < -0.4 is 0 Å². The van der Waals surface area contributed by atoms with Crippen molar-refractivity contribution in [2.45, 2.75) is 29.8 Å². The van der Waals surface area contributed by atoms with Gasteiger partial charge in [-0.05, 0) is 18.8 Å². The molecule has 1 aliphatic carbocycles. The Balaban J connectivity index is 2.15. The molecule has 3 aliphatic rings. The third-order valence-electron chi connectivity index (χ3n) is 2.60. The van der Waals surface area contributed by atoms with Crippen molar-refractivity contribution in [1.82, 2.24) is 0 Å². The van der Waals surface area contributed by atoms with E-state index >= 15 is 0 Å². The van der Waals surface area contributed by atoms with Gasteiger partial charge in [-0.15, -0.1) is 11.8 Å². The van der Waals surface area contributed by atoms with Crippen LogP contribution in [-0.2, 0) is 9.59 Å². The van der Waals surface area contributed by atoms with Crippen molar-refractivity contribution in [2.75, 3.05) is 0 Å². The predicted octanol–water partition coefficient (Wildman–Crippen LogP) is 0.924. The van der Waals surface area contributed by atoms with E-state index in [4.69, 9.17) is 5.11 Å². The zero-order valence-electron chi connectivity index (χ0n) is 6.53. The normalized spacial score (nSPS) is 40.0. The Morgan fingerprint density at radius 1 is 1.50 bits per heavy atom. The molecule has 0 aromatic carbocycles. The van der Waals surface area contributed by atoms with E-state index in [1.807, 2.05) is 0 Å². The van der Waals surface area contributed by atoms with Crippen molar-refractivity contribution < 1.29 is 14.7 Å². The highest BCUT2D eigenvalue weighted by molar-refractivity contribution is 8.02. The van der Waals surface area contributed by atoms with Crippen molar-refractivity contribution in [1.29, 1.82) is 0 Å². The Bertz CT molecular complexity index is 238. The average Bonchev–Trinajstić information content (AvgIpc) is 2.04. The van der Waals surface area contributed by atoms with E-state index in [-0.39, 0.29) is 22.2 Å². The molecule has 4 heteroatoms. The lowest BCUT2D eigenvalue weighted by atomic mass is 9.84. The van der Waals surface area contributed by atoms with Crippen LogP contribution >= 0.6 is 11.8 Å². The molecule has 66 valence electrons. The van der Waals surface area contributed by atoms with Gasteiger partial charge in [0.15, 0.2) is 0 Å². The SMILES string of the molecule is O=C1CC2CCC1SC2C(=O)O. The highest BCUT2D eigenvalue weighted by Crippen LogP contribution is 2.44. The Morgan fingerprint density at radius 2 is 2.25 bits per heavy atom. The van der Waals surface area contributed by atoms with Crippen molar-refractivity contribution in [3.63, 3.8) is 0 Å². The van der Waals surface area contributed by atoms with Crippen molar-refractivity contribution in [2.24, 2.45) is 5.92 Å². The number of carbonyl (C=O) groups is 2. The summed E-state index contributed by atoms with van der Waals surface area (Å²) in [7, 11) is 0. The van der Waals surface area contributed by atoms with Gasteiger partial charge in [-0.25, -0.2) is 0 Å². The zero-order valence-corrected chi connectivity index (χ0v) is 7.34. The first-order valence-electron chi connectivity index (χ1n) is 4.09. The minimum atomic E-state index is -0.748. The molecular weight excluding hydrogens is 176 g/mol. The highest BCUT2D eigenvalue weighted by Gasteiger charge is 2.44.